The summed E-state index contributed by atoms with van der Waals surface area (Å²) in [5.74, 6) is 1.45. The van der Waals surface area contributed by atoms with E-state index in [4.69, 9.17) is 19.4 Å². The highest BCUT2D eigenvalue weighted by atomic mass is 16.7. The predicted octanol–water partition coefficient (Wildman–Crippen LogP) is 5.47. The first-order chi connectivity index (χ1) is 18.7. The summed E-state index contributed by atoms with van der Waals surface area (Å²) in [6, 6.07) is 18.7. The highest BCUT2D eigenvalue weighted by Gasteiger charge is 2.18. The topological polar surface area (TPSA) is 104 Å². The summed E-state index contributed by atoms with van der Waals surface area (Å²) in [5.41, 5.74) is 7.14. The van der Waals surface area contributed by atoms with E-state index in [0.29, 0.717) is 12.4 Å². The molecule has 0 fully saturated rings. The van der Waals surface area contributed by atoms with Gasteiger partial charge >= 0.3 is 0 Å². The Bertz CT molecular complexity index is 1460. The highest BCUT2D eigenvalue weighted by Crippen LogP contribution is 2.31. The van der Waals surface area contributed by atoms with Gasteiger partial charge in [0.15, 0.2) is 6.29 Å². The average molecular weight is 510 g/mol. The molecule has 3 heterocycles. The van der Waals surface area contributed by atoms with Crippen molar-refractivity contribution in [3.63, 3.8) is 0 Å². The standard InChI is InChI=1S/C29H31N7O2/c1-4-5-10-26-25(17-22(18-31-26)29(37-2)38-3)28-30-15-16-36(28)19-20-11-13-21(14-12-20)23-8-6-7-9-24(23)27-32-34-35-33-27/h6-9,11-18,29H,4-5,10,19H2,1-3H3,(H,32,33,34,35). The summed E-state index contributed by atoms with van der Waals surface area (Å²) in [6.45, 7) is 2.86. The number of aromatic nitrogens is 7. The summed E-state index contributed by atoms with van der Waals surface area (Å²) < 4.78 is 13.1. The Hall–Kier alpha value is -4.21. The van der Waals surface area contributed by atoms with Gasteiger partial charge in [-0.3, -0.25) is 4.98 Å². The van der Waals surface area contributed by atoms with E-state index in [1.807, 2.05) is 36.8 Å². The minimum Gasteiger partial charge on any atom is -0.352 e. The maximum absolute atomic E-state index is 5.48. The van der Waals surface area contributed by atoms with Crippen molar-refractivity contribution in [1.29, 1.82) is 0 Å². The van der Waals surface area contributed by atoms with Gasteiger partial charge in [0, 0.05) is 56.0 Å². The Morgan fingerprint density at radius 3 is 2.45 bits per heavy atom. The summed E-state index contributed by atoms with van der Waals surface area (Å²) in [5, 5.41) is 14.5. The van der Waals surface area contributed by atoms with E-state index in [0.717, 1.165) is 64.2 Å². The Kier molecular flexibility index (Phi) is 7.96. The van der Waals surface area contributed by atoms with Crippen molar-refractivity contribution < 1.29 is 9.47 Å². The summed E-state index contributed by atoms with van der Waals surface area (Å²) in [6.07, 6.45) is 8.25. The molecule has 38 heavy (non-hydrogen) atoms. The maximum Gasteiger partial charge on any atom is 0.205 e. The zero-order chi connectivity index (χ0) is 26.3. The maximum atomic E-state index is 5.48. The number of nitrogens with one attached hydrogen (secondary N) is 1. The molecule has 0 unspecified atom stereocenters. The second kappa shape index (κ2) is 11.9. The molecule has 0 aliphatic heterocycles. The molecule has 0 aliphatic carbocycles. The largest absolute Gasteiger partial charge is 0.352 e. The number of aryl methyl sites for hydroxylation is 1. The van der Waals surface area contributed by atoms with Crippen molar-refractivity contribution in [2.24, 2.45) is 0 Å². The smallest absolute Gasteiger partial charge is 0.205 e. The first kappa shape index (κ1) is 25.4. The lowest BCUT2D eigenvalue weighted by atomic mass is 9.98. The van der Waals surface area contributed by atoms with Gasteiger partial charge in [-0.1, -0.05) is 61.9 Å². The van der Waals surface area contributed by atoms with Gasteiger partial charge in [0.25, 0.3) is 0 Å². The second-order valence-corrected chi connectivity index (χ2v) is 9.03. The molecule has 5 aromatic rings. The van der Waals surface area contributed by atoms with Crippen LogP contribution in [-0.2, 0) is 22.4 Å². The first-order valence-electron chi connectivity index (χ1n) is 12.7. The van der Waals surface area contributed by atoms with Crippen molar-refractivity contribution >= 4 is 0 Å². The quantitative estimate of drug-likeness (QED) is 0.235. The normalized spacial score (nSPS) is 11.4. The van der Waals surface area contributed by atoms with Crippen LogP contribution >= 0.6 is 0 Å². The van der Waals surface area contributed by atoms with Crippen LogP contribution in [0.25, 0.3) is 33.9 Å². The number of hydrogen-bond acceptors (Lipinski definition) is 7. The van der Waals surface area contributed by atoms with Gasteiger partial charge in [-0.2, -0.15) is 5.21 Å². The second-order valence-electron chi connectivity index (χ2n) is 9.03. The number of hydrogen-bond donors (Lipinski definition) is 1. The Morgan fingerprint density at radius 1 is 0.947 bits per heavy atom. The molecule has 0 radical (unpaired) electrons. The summed E-state index contributed by atoms with van der Waals surface area (Å²) in [4.78, 5) is 9.51. The number of imidazole rings is 1. The number of rotatable bonds is 11. The van der Waals surface area contributed by atoms with Gasteiger partial charge in [0.1, 0.15) is 5.82 Å². The van der Waals surface area contributed by atoms with E-state index in [1.54, 1.807) is 14.2 Å². The Labute approximate surface area is 221 Å². The molecular weight excluding hydrogens is 478 g/mol. The van der Waals surface area contributed by atoms with Crippen molar-refractivity contribution in [3.05, 3.63) is 90.0 Å². The molecule has 0 saturated carbocycles. The number of benzene rings is 2. The van der Waals surface area contributed by atoms with E-state index >= 15 is 0 Å². The van der Waals surface area contributed by atoms with Crippen LogP contribution in [0.15, 0.2) is 73.2 Å². The third-order valence-corrected chi connectivity index (χ3v) is 6.55. The minimum absolute atomic E-state index is 0.479. The fourth-order valence-electron chi connectivity index (χ4n) is 4.62. The van der Waals surface area contributed by atoms with Crippen molar-refractivity contribution in [1.82, 2.24) is 35.2 Å². The number of aromatic amines is 1. The van der Waals surface area contributed by atoms with Gasteiger partial charge in [0.05, 0.1) is 5.69 Å². The van der Waals surface area contributed by atoms with Gasteiger partial charge in [-0.05, 0) is 40.8 Å². The van der Waals surface area contributed by atoms with Crippen LogP contribution in [-0.4, -0.2) is 49.4 Å². The predicted molar refractivity (Wildman–Crippen MR) is 145 cm³/mol. The van der Waals surface area contributed by atoms with Crippen LogP contribution in [0.4, 0.5) is 0 Å². The molecule has 0 amide bonds. The van der Waals surface area contributed by atoms with Gasteiger partial charge in [-0.15, -0.1) is 10.2 Å². The number of pyridine rings is 1. The number of tetrazole rings is 1. The number of unbranched alkanes of at least 4 members (excludes halogenated alkanes) is 1. The number of H-pyrrole nitrogens is 1. The van der Waals surface area contributed by atoms with Gasteiger partial charge < -0.3 is 14.0 Å². The summed E-state index contributed by atoms with van der Waals surface area (Å²) in [7, 11) is 3.26. The van der Waals surface area contributed by atoms with Crippen LogP contribution in [0.2, 0.25) is 0 Å². The monoisotopic (exact) mass is 509 g/mol. The summed E-state index contributed by atoms with van der Waals surface area (Å²) >= 11 is 0. The third-order valence-electron chi connectivity index (χ3n) is 6.55. The van der Waals surface area contributed by atoms with E-state index in [2.05, 4.69) is 68.5 Å². The van der Waals surface area contributed by atoms with E-state index < -0.39 is 6.29 Å². The zero-order valence-corrected chi connectivity index (χ0v) is 21.8. The fraction of sp³-hybridized carbons (Fsp3) is 0.276. The number of methoxy groups -OCH3 is 2. The molecule has 5 rings (SSSR count). The van der Waals surface area contributed by atoms with Crippen LogP contribution in [0.3, 0.4) is 0 Å². The van der Waals surface area contributed by atoms with Crippen LogP contribution in [0.5, 0.6) is 0 Å². The molecule has 9 nitrogen and oxygen atoms in total. The molecular formula is C29H31N7O2. The van der Waals surface area contributed by atoms with Gasteiger partial charge in [-0.25, -0.2) is 4.98 Å². The van der Waals surface area contributed by atoms with E-state index in [1.165, 1.54) is 0 Å². The molecule has 0 atom stereocenters. The lowest BCUT2D eigenvalue weighted by Gasteiger charge is -2.17. The zero-order valence-electron chi connectivity index (χ0n) is 21.8. The lowest BCUT2D eigenvalue weighted by molar-refractivity contribution is -0.106. The Morgan fingerprint density at radius 2 is 1.74 bits per heavy atom. The third kappa shape index (κ3) is 5.39. The molecule has 0 bridgehead atoms. The van der Waals surface area contributed by atoms with Crippen molar-refractivity contribution in [3.8, 4) is 33.9 Å². The van der Waals surface area contributed by atoms with Crippen molar-refractivity contribution in [2.75, 3.05) is 14.2 Å². The number of ether oxygens (including phenoxy) is 2. The van der Waals surface area contributed by atoms with Crippen LogP contribution in [0.1, 0.15) is 42.9 Å². The number of nitrogens with zero attached hydrogens (tertiary/aromatic N) is 6. The van der Waals surface area contributed by atoms with E-state index in [9.17, 15) is 0 Å². The average Bonchev–Trinajstić information content (AvgIpc) is 3.66. The van der Waals surface area contributed by atoms with Crippen LogP contribution < -0.4 is 0 Å². The van der Waals surface area contributed by atoms with E-state index in [-0.39, 0.29) is 0 Å². The molecule has 1 N–H and O–H groups in total. The molecule has 194 valence electrons. The van der Waals surface area contributed by atoms with Gasteiger partial charge in [0.2, 0.25) is 5.82 Å². The molecule has 0 saturated heterocycles. The SMILES string of the molecule is CCCCc1ncc(C(OC)OC)cc1-c1nccn1Cc1ccc(-c2ccccc2-c2nn[nH]n2)cc1. The molecule has 2 aromatic carbocycles. The Balaban J connectivity index is 1.44. The minimum atomic E-state index is -0.479. The lowest BCUT2D eigenvalue weighted by Crippen LogP contribution is -2.08. The van der Waals surface area contributed by atoms with Crippen molar-refractivity contribution in [2.45, 2.75) is 39.0 Å². The molecule has 0 spiro atoms. The molecule has 9 heteroatoms. The highest BCUT2D eigenvalue weighted by molar-refractivity contribution is 5.80. The van der Waals surface area contributed by atoms with Crippen LogP contribution in [0, 0.1) is 0 Å². The fourth-order valence-corrected chi connectivity index (χ4v) is 4.62. The molecule has 3 aromatic heterocycles. The first-order valence-corrected chi connectivity index (χ1v) is 12.7. The molecule has 0 aliphatic rings.